The van der Waals surface area contributed by atoms with Crippen molar-refractivity contribution in [2.45, 2.75) is 5.41 Å². The van der Waals surface area contributed by atoms with Crippen molar-refractivity contribution in [3.05, 3.63) is 174 Å². The van der Waals surface area contributed by atoms with E-state index in [-0.39, 0.29) is 0 Å². The van der Waals surface area contributed by atoms with Crippen molar-refractivity contribution >= 4 is 43.7 Å². The first-order chi connectivity index (χ1) is 22.4. The van der Waals surface area contributed by atoms with Gasteiger partial charge in [-0.05, 0) is 57.1 Å². The molecule has 0 radical (unpaired) electrons. The van der Waals surface area contributed by atoms with Crippen LogP contribution in [0.3, 0.4) is 0 Å². The number of hydrogen-bond donors (Lipinski definition) is 0. The van der Waals surface area contributed by atoms with Crippen LogP contribution in [0.1, 0.15) is 22.3 Å². The van der Waals surface area contributed by atoms with Gasteiger partial charge in [0.25, 0.3) is 0 Å². The van der Waals surface area contributed by atoms with Crippen LogP contribution in [0.15, 0.2) is 156 Å². The maximum absolute atomic E-state index is 6.67. The molecule has 1 unspecified atom stereocenters. The van der Waals surface area contributed by atoms with Crippen molar-refractivity contribution in [2.24, 2.45) is 0 Å². The Hall–Kier alpha value is -5.86. The molecule has 208 valence electrons. The summed E-state index contributed by atoms with van der Waals surface area (Å²) in [5.41, 5.74) is 15.3. The smallest absolute Gasteiger partial charge is 0.143 e. The molecule has 7 aromatic carbocycles. The zero-order valence-electron chi connectivity index (χ0n) is 24.3. The largest absolute Gasteiger partial charge is 0.455 e. The molecular formula is C43H25NO. The molecule has 0 saturated heterocycles. The van der Waals surface area contributed by atoms with Crippen LogP contribution in [0.2, 0.25) is 0 Å². The molecule has 1 atom stereocenters. The fourth-order valence-corrected chi connectivity index (χ4v) is 8.81. The average Bonchev–Trinajstić information content (AvgIpc) is 3.75. The van der Waals surface area contributed by atoms with Crippen LogP contribution in [0.25, 0.3) is 71.7 Å². The van der Waals surface area contributed by atoms with Gasteiger partial charge in [0.2, 0.25) is 0 Å². The molecule has 0 amide bonds. The molecule has 1 aliphatic heterocycles. The van der Waals surface area contributed by atoms with E-state index in [0.717, 1.165) is 27.5 Å². The Morgan fingerprint density at radius 2 is 1.02 bits per heavy atom. The SMILES string of the molecule is c1ccc2c(c1)-c1cccc(-c3cccc4c3oc3ccccc34)c1C21c2ccccc2-n2c3ccccc3c3cccc1c32. The summed E-state index contributed by atoms with van der Waals surface area (Å²) in [5, 5.41) is 4.88. The summed E-state index contributed by atoms with van der Waals surface area (Å²) in [6.45, 7) is 0. The fourth-order valence-electron chi connectivity index (χ4n) is 8.81. The average molecular weight is 572 g/mol. The van der Waals surface area contributed by atoms with Crippen molar-refractivity contribution in [3.8, 4) is 27.9 Å². The third kappa shape index (κ3) is 2.69. The van der Waals surface area contributed by atoms with Crippen molar-refractivity contribution in [2.75, 3.05) is 0 Å². The lowest BCUT2D eigenvalue weighted by atomic mass is 9.64. The number of furan rings is 1. The van der Waals surface area contributed by atoms with Gasteiger partial charge < -0.3 is 8.98 Å². The minimum atomic E-state index is -0.517. The van der Waals surface area contributed by atoms with Gasteiger partial charge in [-0.1, -0.05) is 133 Å². The van der Waals surface area contributed by atoms with E-state index in [1.807, 2.05) is 0 Å². The highest BCUT2D eigenvalue weighted by Gasteiger charge is 2.52. The van der Waals surface area contributed by atoms with Crippen LogP contribution in [-0.4, -0.2) is 4.57 Å². The number of rotatable bonds is 1. The Kier molecular flexibility index (Phi) is 4.29. The Bertz CT molecular complexity index is 2720. The molecule has 2 aromatic heterocycles. The molecule has 2 heteroatoms. The number of hydrogen-bond acceptors (Lipinski definition) is 1. The first kappa shape index (κ1) is 23.6. The Labute approximate surface area is 259 Å². The summed E-state index contributed by atoms with van der Waals surface area (Å²) in [4.78, 5) is 0. The van der Waals surface area contributed by atoms with Crippen LogP contribution in [0, 0.1) is 0 Å². The molecule has 0 fully saturated rings. The monoisotopic (exact) mass is 571 g/mol. The van der Waals surface area contributed by atoms with Gasteiger partial charge in [0.15, 0.2) is 0 Å². The summed E-state index contributed by atoms with van der Waals surface area (Å²) in [7, 11) is 0. The predicted octanol–water partition coefficient (Wildman–Crippen LogP) is 11.0. The van der Waals surface area contributed by atoms with E-state index < -0.39 is 5.41 Å². The molecular weight excluding hydrogens is 546 g/mol. The van der Waals surface area contributed by atoms with Crippen molar-refractivity contribution in [3.63, 3.8) is 0 Å². The number of benzene rings is 7. The molecule has 1 aliphatic carbocycles. The first-order valence-corrected chi connectivity index (χ1v) is 15.6. The van der Waals surface area contributed by atoms with Gasteiger partial charge in [0, 0.05) is 27.1 Å². The summed E-state index contributed by atoms with van der Waals surface area (Å²) >= 11 is 0. The second-order valence-electron chi connectivity index (χ2n) is 12.4. The van der Waals surface area contributed by atoms with Crippen molar-refractivity contribution < 1.29 is 4.42 Å². The first-order valence-electron chi connectivity index (χ1n) is 15.6. The Morgan fingerprint density at radius 3 is 1.96 bits per heavy atom. The van der Waals surface area contributed by atoms with Gasteiger partial charge in [-0.15, -0.1) is 0 Å². The van der Waals surface area contributed by atoms with Gasteiger partial charge in [-0.2, -0.15) is 0 Å². The van der Waals surface area contributed by atoms with Gasteiger partial charge in [-0.25, -0.2) is 0 Å². The van der Waals surface area contributed by atoms with E-state index in [1.54, 1.807) is 0 Å². The Morgan fingerprint density at radius 1 is 0.422 bits per heavy atom. The molecule has 11 rings (SSSR count). The second kappa shape index (κ2) is 8.19. The van der Waals surface area contributed by atoms with Crippen LogP contribution < -0.4 is 0 Å². The normalized spacial score (nSPS) is 16.1. The lowest BCUT2D eigenvalue weighted by molar-refractivity contribution is 0.669. The van der Waals surface area contributed by atoms with Crippen LogP contribution in [0.4, 0.5) is 0 Å². The third-order valence-corrected chi connectivity index (χ3v) is 10.4. The van der Waals surface area contributed by atoms with Crippen LogP contribution in [-0.2, 0) is 5.41 Å². The number of para-hydroxylation sites is 5. The highest BCUT2D eigenvalue weighted by atomic mass is 16.3. The summed E-state index contributed by atoms with van der Waals surface area (Å²) in [6, 6.07) is 55.7. The van der Waals surface area contributed by atoms with E-state index in [0.29, 0.717) is 0 Å². The maximum Gasteiger partial charge on any atom is 0.143 e. The van der Waals surface area contributed by atoms with Gasteiger partial charge in [0.1, 0.15) is 11.2 Å². The summed E-state index contributed by atoms with van der Waals surface area (Å²) in [6.07, 6.45) is 0. The quantitative estimate of drug-likeness (QED) is 0.192. The summed E-state index contributed by atoms with van der Waals surface area (Å²) < 4.78 is 9.17. The number of aromatic nitrogens is 1. The lowest BCUT2D eigenvalue weighted by Gasteiger charge is -2.40. The topological polar surface area (TPSA) is 18.1 Å². The molecule has 0 saturated carbocycles. The standard InChI is InChI=1S/C43H25NO/c1-4-20-34-26(12-1)29-15-9-16-30(33-19-10-18-32-28-14-3-8-25-39(28)45-42(32)33)40(29)43(34)35-21-5-7-24-38(35)44-37-23-6-2-13-27(37)31-17-11-22-36(43)41(31)44/h1-25H. The molecule has 1 spiro atoms. The minimum absolute atomic E-state index is 0.517. The summed E-state index contributed by atoms with van der Waals surface area (Å²) in [5.74, 6) is 0. The zero-order chi connectivity index (χ0) is 29.3. The van der Waals surface area contributed by atoms with Crippen LogP contribution >= 0.6 is 0 Å². The fraction of sp³-hybridized carbons (Fsp3) is 0.0233. The third-order valence-electron chi connectivity index (χ3n) is 10.4. The minimum Gasteiger partial charge on any atom is -0.455 e. The molecule has 45 heavy (non-hydrogen) atoms. The van der Waals surface area contributed by atoms with E-state index >= 15 is 0 Å². The lowest BCUT2D eigenvalue weighted by Crippen LogP contribution is -2.34. The molecule has 0 bridgehead atoms. The molecule has 2 aliphatic rings. The number of fused-ring (bicyclic) bond motifs is 15. The van der Waals surface area contributed by atoms with Crippen LogP contribution in [0.5, 0.6) is 0 Å². The van der Waals surface area contributed by atoms with E-state index in [2.05, 4.69) is 156 Å². The van der Waals surface area contributed by atoms with E-state index in [4.69, 9.17) is 4.42 Å². The Balaban J connectivity index is 1.37. The van der Waals surface area contributed by atoms with Crippen molar-refractivity contribution in [1.29, 1.82) is 0 Å². The van der Waals surface area contributed by atoms with Gasteiger partial charge in [0.05, 0.1) is 22.1 Å². The number of nitrogens with zero attached hydrogens (tertiary/aromatic N) is 1. The highest BCUT2D eigenvalue weighted by molar-refractivity contribution is 6.14. The molecule has 2 nitrogen and oxygen atoms in total. The molecule has 9 aromatic rings. The zero-order valence-corrected chi connectivity index (χ0v) is 24.3. The predicted molar refractivity (Wildman–Crippen MR) is 184 cm³/mol. The second-order valence-corrected chi connectivity index (χ2v) is 12.4. The van der Waals surface area contributed by atoms with E-state index in [9.17, 15) is 0 Å². The molecule has 0 N–H and O–H groups in total. The highest BCUT2D eigenvalue weighted by Crippen LogP contribution is 2.63. The maximum atomic E-state index is 6.67. The van der Waals surface area contributed by atoms with Crippen molar-refractivity contribution in [1.82, 2.24) is 4.57 Å². The molecule has 3 heterocycles. The van der Waals surface area contributed by atoms with Gasteiger partial charge in [-0.3, -0.25) is 0 Å². The van der Waals surface area contributed by atoms with Gasteiger partial charge >= 0.3 is 0 Å². The van der Waals surface area contributed by atoms with E-state index in [1.165, 1.54) is 66.4 Å².